The third-order valence-electron chi connectivity index (χ3n) is 1.13. The Morgan fingerprint density at radius 2 is 2.67 bits per heavy atom. The molecule has 48 valence electrons. The van der Waals surface area contributed by atoms with E-state index >= 15 is 0 Å². The monoisotopic (exact) mass is 124 g/mol. The second-order valence-corrected chi connectivity index (χ2v) is 1.81. The minimum atomic E-state index is 0.781. The second kappa shape index (κ2) is 2.35. The molecule has 0 saturated heterocycles. The maximum atomic E-state index is 5.46. The smallest absolute Gasteiger partial charge is 0.269 e. The Morgan fingerprint density at radius 1 is 1.89 bits per heavy atom. The summed E-state index contributed by atoms with van der Waals surface area (Å²) in [6.07, 6.45) is 6.14. The van der Waals surface area contributed by atoms with Crippen LogP contribution < -0.4 is 10.5 Å². The predicted molar refractivity (Wildman–Crippen MR) is 35.0 cm³/mol. The lowest BCUT2D eigenvalue weighted by molar-refractivity contribution is -0.645. The molecule has 0 unspecified atom stereocenters. The van der Waals surface area contributed by atoms with Crippen LogP contribution in [0.4, 0.5) is 0 Å². The van der Waals surface area contributed by atoms with E-state index in [1.54, 1.807) is 23.1 Å². The first kappa shape index (κ1) is 5.88. The number of aromatic nitrogens is 2. The van der Waals surface area contributed by atoms with Crippen molar-refractivity contribution in [1.29, 1.82) is 0 Å². The van der Waals surface area contributed by atoms with Gasteiger partial charge < -0.3 is 0 Å². The number of nitrogens with zero attached hydrogens (tertiary/aromatic N) is 1. The molecule has 0 amide bonds. The summed E-state index contributed by atoms with van der Waals surface area (Å²) in [5.74, 6) is 6.43. The Morgan fingerprint density at radius 3 is 3.11 bits per heavy atom. The zero-order valence-electron chi connectivity index (χ0n) is 5.17. The quantitative estimate of drug-likeness (QED) is 0.318. The van der Waals surface area contributed by atoms with Gasteiger partial charge in [-0.1, -0.05) is 6.08 Å². The summed E-state index contributed by atoms with van der Waals surface area (Å²) in [5.41, 5.74) is 0. The van der Waals surface area contributed by atoms with E-state index < -0.39 is 0 Å². The largest absolute Gasteiger partial charge is 0.281 e. The molecule has 0 aliphatic heterocycles. The summed E-state index contributed by atoms with van der Waals surface area (Å²) in [6, 6.07) is 0. The van der Waals surface area contributed by atoms with E-state index in [1.165, 1.54) is 0 Å². The maximum Gasteiger partial charge on any atom is 0.281 e. The molecule has 3 nitrogen and oxygen atoms in total. The number of aromatic amines is 1. The summed E-state index contributed by atoms with van der Waals surface area (Å²) in [5, 5.41) is 0. The number of allylic oxidation sites excluding steroid dienone is 1. The number of nitrogens with two attached hydrogens (primary N) is 1. The first-order valence-electron chi connectivity index (χ1n) is 2.78. The van der Waals surface area contributed by atoms with Crippen molar-refractivity contribution >= 4 is 0 Å². The molecule has 1 aromatic rings. The second-order valence-electron chi connectivity index (χ2n) is 1.81. The first-order valence-corrected chi connectivity index (χ1v) is 2.78. The molecule has 0 aromatic carbocycles. The van der Waals surface area contributed by atoms with Crippen molar-refractivity contribution in [2.75, 3.05) is 5.84 Å². The fourth-order valence-electron chi connectivity index (χ4n) is 0.679. The van der Waals surface area contributed by atoms with Crippen LogP contribution in [0.2, 0.25) is 0 Å². The van der Waals surface area contributed by atoms with Crippen LogP contribution in [0.5, 0.6) is 0 Å². The van der Waals surface area contributed by atoms with E-state index in [0.717, 1.165) is 12.2 Å². The summed E-state index contributed by atoms with van der Waals surface area (Å²) in [6.45, 7) is 3.59. The van der Waals surface area contributed by atoms with Crippen molar-refractivity contribution in [1.82, 2.24) is 4.98 Å². The maximum absolute atomic E-state index is 5.46. The van der Waals surface area contributed by atoms with Crippen molar-refractivity contribution in [3.8, 4) is 0 Å². The van der Waals surface area contributed by atoms with E-state index in [-0.39, 0.29) is 0 Å². The number of nitrogens with one attached hydrogen (secondary N) is 1. The van der Waals surface area contributed by atoms with Crippen LogP contribution in [0.3, 0.4) is 0 Å². The highest BCUT2D eigenvalue weighted by Gasteiger charge is 2.02. The normalized spacial score (nSPS) is 9.33. The van der Waals surface area contributed by atoms with Crippen LogP contribution in [0.15, 0.2) is 25.0 Å². The zero-order valence-corrected chi connectivity index (χ0v) is 5.17. The highest BCUT2D eigenvalue weighted by atomic mass is 15.3. The van der Waals surface area contributed by atoms with E-state index in [9.17, 15) is 0 Å². The summed E-state index contributed by atoms with van der Waals surface area (Å²) >= 11 is 0. The zero-order chi connectivity index (χ0) is 6.69. The lowest BCUT2D eigenvalue weighted by atomic mass is 10.4. The van der Waals surface area contributed by atoms with Gasteiger partial charge in [0.25, 0.3) is 5.82 Å². The SMILES string of the molecule is C=CCc1[nH]cc[n+]1N. The fraction of sp³-hybridized carbons (Fsp3) is 0.167. The Labute approximate surface area is 53.8 Å². The highest BCUT2D eigenvalue weighted by Crippen LogP contribution is 1.84. The molecular formula is C6H10N3+. The molecule has 0 aliphatic rings. The van der Waals surface area contributed by atoms with Gasteiger partial charge in [0, 0.05) is 0 Å². The molecule has 3 N–H and O–H groups in total. The van der Waals surface area contributed by atoms with Gasteiger partial charge in [-0.05, 0) is 0 Å². The van der Waals surface area contributed by atoms with Crippen molar-refractivity contribution in [3.63, 3.8) is 0 Å². The molecule has 0 radical (unpaired) electrons. The molecule has 1 heterocycles. The van der Waals surface area contributed by atoms with Crippen LogP contribution in [-0.4, -0.2) is 4.98 Å². The Bertz CT molecular complexity index is 202. The van der Waals surface area contributed by atoms with Crippen molar-refractivity contribution in [3.05, 3.63) is 30.9 Å². The van der Waals surface area contributed by atoms with E-state index in [0.29, 0.717) is 0 Å². The molecule has 0 aliphatic carbocycles. The number of imidazole rings is 1. The summed E-state index contributed by atoms with van der Waals surface area (Å²) in [7, 11) is 0. The Balaban J connectivity index is 2.80. The van der Waals surface area contributed by atoms with Gasteiger partial charge in [0.05, 0.1) is 6.42 Å². The molecular weight excluding hydrogens is 114 g/mol. The Hall–Kier alpha value is -1.25. The molecule has 0 bridgehead atoms. The molecule has 1 aromatic heterocycles. The van der Waals surface area contributed by atoms with Gasteiger partial charge in [-0.3, -0.25) is 5.84 Å². The first-order chi connectivity index (χ1) is 4.34. The number of hydrogen-bond donors (Lipinski definition) is 2. The topological polar surface area (TPSA) is 45.7 Å². The number of rotatable bonds is 2. The van der Waals surface area contributed by atoms with Gasteiger partial charge in [-0.15, -0.1) is 11.3 Å². The number of nitrogen functional groups attached to an aromatic ring is 1. The van der Waals surface area contributed by atoms with Crippen molar-refractivity contribution in [2.45, 2.75) is 6.42 Å². The standard InChI is InChI=1S/C6H9N3/c1-2-3-6-8-4-5-9(6)7/h2,4-5H,1,3,7H2/p+1. The van der Waals surface area contributed by atoms with Crippen LogP contribution in [0.25, 0.3) is 0 Å². The number of H-pyrrole nitrogens is 1. The lowest BCUT2D eigenvalue weighted by Crippen LogP contribution is -2.45. The molecule has 0 spiro atoms. The number of hydrogen-bond acceptors (Lipinski definition) is 1. The summed E-state index contributed by atoms with van der Waals surface area (Å²) in [4.78, 5) is 2.97. The van der Waals surface area contributed by atoms with Crippen molar-refractivity contribution < 1.29 is 4.68 Å². The molecule has 1 rings (SSSR count). The summed E-state index contributed by atoms with van der Waals surface area (Å²) < 4.78 is 1.54. The average Bonchev–Trinajstić information content (AvgIpc) is 2.18. The van der Waals surface area contributed by atoms with E-state index in [2.05, 4.69) is 11.6 Å². The van der Waals surface area contributed by atoms with Gasteiger partial charge in [0.1, 0.15) is 6.20 Å². The Kier molecular flexibility index (Phi) is 1.53. The van der Waals surface area contributed by atoms with Crippen LogP contribution >= 0.6 is 0 Å². The van der Waals surface area contributed by atoms with E-state index in [4.69, 9.17) is 5.84 Å². The lowest BCUT2D eigenvalue weighted by Gasteiger charge is -1.84. The molecule has 0 fully saturated rings. The minimum absolute atomic E-state index is 0.781. The third kappa shape index (κ3) is 1.10. The fourth-order valence-corrected chi connectivity index (χ4v) is 0.679. The van der Waals surface area contributed by atoms with Gasteiger partial charge in [-0.2, -0.15) is 0 Å². The van der Waals surface area contributed by atoms with Crippen LogP contribution in [0.1, 0.15) is 5.82 Å². The van der Waals surface area contributed by atoms with Crippen LogP contribution in [-0.2, 0) is 6.42 Å². The average molecular weight is 124 g/mol. The molecule has 0 saturated carbocycles. The van der Waals surface area contributed by atoms with Gasteiger partial charge >= 0.3 is 0 Å². The third-order valence-corrected chi connectivity index (χ3v) is 1.13. The van der Waals surface area contributed by atoms with Gasteiger partial charge in [-0.25, -0.2) is 4.98 Å². The van der Waals surface area contributed by atoms with E-state index in [1.807, 2.05) is 0 Å². The van der Waals surface area contributed by atoms with Gasteiger partial charge in [0.2, 0.25) is 0 Å². The predicted octanol–water partition coefficient (Wildman–Crippen LogP) is -0.255. The molecule has 3 heteroatoms. The van der Waals surface area contributed by atoms with Crippen LogP contribution in [0, 0.1) is 0 Å². The highest BCUT2D eigenvalue weighted by molar-refractivity contribution is 4.85. The minimum Gasteiger partial charge on any atom is -0.269 e. The van der Waals surface area contributed by atoms with Gasteiger partial charge in [0.15, 0.2) is 6.20 Å². The molecule has 0 atom stereocenters. The van der Waals surface area contributed by atoms with Crippen molar-refractivity contribution in [2.24, 2.45) is 0 Å². The molecule has 9 heavy (non-hydrogen) atoms.